The number of hydrogen-bond acceptors (Lipinski definition) is 5. The number of nitrogens with zero attached hydrogens (tertiary/aromatic N) is 3. The SMILES string of the molecule is Cc1ccc(-n2c(=C(C#N)C#N)s/c(=C/c3ccsc3)c2=O)cc1. The van der Waals surface area contributed by atoms with Gasteiger partial charge < -0.3 is 0 Å². The van der Waals surface area contributed by atoms with Crippen molar-refractivity contribution in [1.82, 2.24) is 4.57 Å². The molecule has 0 atom stereocenters. The second-order valence-corrected chi connectivity index (χ2v) is 6.86. The fourth-order valence-corrected chi connectivity index (χ4v) is 3.88. The summed E-state index contributed by atoms with van der Waals surface area (Å²) >= 11 is 2.70. The number of thiazole rings is 1. The molecule has 0 saturated heterocycles. The number of aryl methyl sites for hydroxylation is 1. The molecule has 0 radical (unpaired) electrons. The summed E-state index contributed by atoms with van der Waals surface area (Å²) in [6.45, 7) is 1.96. The lowest BCUT2D eigenvalue weighted by Crippen LogP contribution is -2.30. The topological polar surface area (TPSA) is 69.6 Å². The van der Waals surface area contributed by atoms with E-state index in [1.807, 2.05) is 60.2 Å². The van der Waals surface area contributed by atoms with Crippen LogP contribution in [0.15, 0.2) is 45.9 Å². The molecule has 0 aliphatic rings. The third-order valence-corrected chi connectivity index (χ3v) is 5.19. The predicted octanol–water partition coefficient (Wildman–Crippen LogP) is 2.30. The van der Waals surface area contributed by atoms with E-state index < -0.39 is 0 Å². The second-order valence-electron chi connectivity index (χ2n) is 5.05. The van der Waals surface area contributed by atoms with E-state index in [0.717, 1.165) is 22.5 Å². The molecular formula is C18H11N3OS2. The molecule has 2 heterocycles. The molecular weight excluding hydrogens is 338 g/mol. The molecule has 6 heteroatoms. The van der Waals surface area contributed by atoms with Gasteiger partial charge in [0, 0.05) is 0 Å². The number of benzene rings is 1. The van der Waals surface area contributed by atoms with Gasteiger partial charge in [-0.05, 0) is 47.5 Å². The van der Waals surface area contributed by atoms with Crippen molar-refractivity contribution in [3.63, 3.8) is 0 Å². The van der Waals surface area contributed by atoms with Crippen LogP contribution in [-0.4, -0.2) is 4.57 Å². The normalized spacial score (nSPS) is 11.0. The highest BCUT2D eigenvalue weighted by atomic mass is 32.1. The van der Waals surface area contributed by atoms with Crippen LogP contribution in [0.2, 0.25) is 0 Å². The molecule has 1 aromatic carbocycles. The molecule has 3 aromatic rings. The average Bonchev–Trinajstić information content (AvgIpc) is 3.20. The first-order valence-corrected chi connectivity index (χ1v) is 8.77. The summed E-state index contributed by atoms with van der Waals surface area (Å²) in [5.41, 5.74) is 2.34. The molecule has 4 nitrogen and oxygen atoms in total. The van der Waals surface area contributed by atoms with Crippen LogP contribution in [0.3, 0.4) is 0 Å². The Kier molecular flexibility index (Phi) is 4.43. The van der Waals surface area contributed by atoms with E-state index in [9.17, 15) is 15.3 Å². The highest BCUT2D eigenvalue weighted by Gasteiger charge is 2.11. The Morgan fingerprint density at radius 1 is 1.17 bits per heavy atom. The lowest BCUT2D eigenvalue weighted by molar-refractivity contribution is 0.986. The number of nitriles is 2. The number of aromatic nitrogens is 1. The molecule has 116 valence electrons. The first kappa shape index (κ1) is 15.9. The predicted molar refractivity (Wildman–Crippen MR) is 96.4 cm³/mol. The number of thiophene rings is 1. The Balaban J connectivity index is 2.40. The molecule has 3 rings (SSSR count). The summed E-state index contributed by atoms with van der Waals surface area (Å²) in [6.07, 6.45) is 1.78. The van der Waals surface area contributed by atoms with Crippen LogP contribution < -0.4 is 14.8 Å². The van der Waals surface area contributed by atoms with Crippen LogP contribution in [-0.2, 0) is 0 Å². The Bertz CT molecular complexity index is 1120. The van der Waals surface area contributed by atoms with Crippen LogP contribution >= 0.6 is 22.7 Å². The average molecular weight is 349 g/mol. The zero-order valence-corrected chi connectivity index (χ0v) is 14.3. The Morgan fingerprint density at radius 2 is 1.88 bits per heavy atom. The molecule has 0 aliphatic heterocycles. The molecule has 0 N–H and O–H groups in total. The second kappa shape index (κ2) is 6.67. The standard InChI is InChI=1S/C18H11N3OS2/c1-12-2-4-15(5-3-12)21-17(22)16(8-13-6-7-23-11-13)24-18(21)14(9-19)10-20/h2-8,11H,1H3/b16-8+. The molecule has 0 spiro atoms. The van der Waals surface area contributed by atoms with Crippen LogP contribution in [0.4, 0.5) is 0 Å². The zero-order valence-electron chi connectivity index (χ0n) is 12.7. The monoisotopic (exact) mass is 349 g/mol. The van der Waals surface area contributed by atoms with Gasteiger partial charge in [-0.15, -0.1) is 11.3 Å². The van der Waals surface area contributed by atoms with Crippen LogP contribution in [0.5, 0.6) is 0 Å². The van der Waals surface area contributed by atoms with E-state index >= 15 is 0 Å². The first-order chi connectivity index (χ1) is 11.6. The van der Waals surface area contributed by atoms with E-state index in [-0.39, 0.29) is 11.1 Å². The van der Waals surface area contributed by atoms with Crippen LogP contribution in [0.25, 0.3) is 17.3 Å². The Labute approximate surface area is 146 Å². The minimum atomic E-state index is -0.229. The van der Waals surface area contributed by atoms with E-state index in [4.69, 9.17) is 0 Å². The minimum absolute atomic E-state index is 0.0670. The van der Waals surface area contributed by atoms with Crippen molar-refractivity contribution in [3.05, 3.63) is 71.8 Å². The minimum Gasteiger partial charge on any atom is -0.267 e. The summed E-state index contributed by atoms with van der Waals surface area (Å²) in [5.74, 6) is 0. The summed E-state index contributed by atoms with van der Waals surface area (Å²) in [4.78, 5) is 12.9. The van der Waals surface area contributed by atoms with E-state index in [0.29, 0.717) is 14.9 Å². The third-order valence-electron chi connectivity index (χ3n) is 3.39. The Morgan fingerprint density at radius 3 is 2.46 bits per heavy atom. The maximum atomic E-state index is 12.9. The number of hydrogen-bond donors (Lipinski definition) is 0. The molecule has 2 aromatic heterocycles. The number of rotatable bonds is 2. The van der Waals surface area contributed by atoms with Crippen molar-refractivity contribution in [1.29, 1.82) is 10.5 Å². The van der Waals surface area contributed by atoms with Gasteiger partial charge in [0.1, 0.15) is 16.8 Å². The lowest BCUT2D eigenvalue weighted by Gasteiger charge is -2.02. The van der Waals surface area contributed by atoms with Crippen molar-refractivity contribution in [2.24, 2.45) is 0 Å². The summed E-state index contributed by atoms with van der Waals surface area (Å²) in [6, 6.07) is 13.1. The summed E-state index contributed by atoms with van der Waals surface area (Å²) in [5, 5.41) is 22.3. The van der Waals surface area contributed by atoms with E-state index in [1.54, 1.807) is 17.4 Å². The van der Waals surface area contributed by atoms with Crippen molar-refractivity contribution in [2.45, 2.75) is 6.92 Å². The highest BCUT2D eigenvalue weighted by Crippen LogP contribution is 2.08. The molecule has 0 amide bonds. The van der Waals surface area contributed by atoms with Gasteiger partial charge in [0.2, 0.25) is 0 Å². The first-order valence-electron chi connectivity index (χ1n) is 7.01. The zero-order chi connectivity index (χ0) is 17.1. The fraction of sp³-hybridized carbons (Fsp3) is 0.0556. The molecule has 24 heavy (non-hydrogen) atoms. The van der Waals surface area contributed by atoms with Gasteiger partial charge in [0.15, 0.2) is 5.57 Å². The summed E-state index contributed by atoms with van der Waals surface area (Å²) < 4.78 is 2.28. The van der Waals surface area contributed by atoms with Crippen molar-refractivity contribution < 1.29 is 0 Å². The summed E-state index contributed by atoms with van der Waals surface area (Å²) in [7, 11) is 0. The van der Waals surface area contributed by atoms with Crippen molar-refractivity contribution >= 4 is 34.3 Å². The van der Waals surface area contributed by atoms with Gasteiger partial charge in [0.05, 0.1) is 10.2 Å². The van der Waals surface area contributed by atoms with Gasteiger partial charge in [0.25, 0.3) is 5.56 Å². The lowest BCUT2D eigenvalue weighted by atomic mass is 10.2. The van der Waals surface area contributed by atoms with Crippen LogP contribution in [0.1, 0.15) is 11.1 Å². The molecule has 0 fully saturated rings. The van der Waals surface area contributed by atoms with Gasteiger partial charge in [-0.2, -0.15) is 21.9 Å². The Hall–Kier alpha value is -2.93. The van der Waals surface area contributed by atoms with Gasteiger partial charge >= 0.3 is 0 Å². The maximum Gasteiger partial charge on any atom is 0.273 e. The molecule has 0 unspecified atom stereocenters. The van der Waals surface area contributed by atoms with E-state index in [1.165, 1.54) is 4.57 Å². The van der Waals surface area contributed by atoms with Gasteiger partial charge in [-0.25, -0.2) is 0 Å². The van der Waals surface area contributed by atoms with Gasteiger partial charge in [-0.3, -0.25) is 9.36 Å². The smallest absolute Gasteiger partial charge is 0.267 e. The van der Waals surface area contributed by atoms with Crippen LogP contribution in [0, 0.1) is 29.6 Å². The largest absolute Gasteiger partial charge is 0.273 e. The maximum absolute atomic E-state index is 12.9. The quantitative estimate of drug-likeness (QED) is 0.713. The van der Waals surface area contributed by atoms with E-state index in [2.05, 4.69) is 0 Å². The molecule has 0 bridgehead atoms. The highest BCUT2D eigenvalue weighted by molar-refractivity contribution is 7.08. The van der Waals surface area contributed by atoms with Crippen molar-refractivity contribution in [2.75, 3.05) is 0 Å². The molecule has 0 aliphatic carbocycles. The van der Waals surface area contributed by atoms with Crippen molar-refractivity contribution in [3.8, 4) is 17.8 Å². The van der Waals surface area contributed by atoms with Gasteiger partial charge in [-0.1, -0.05) is 17.7 Å². The third kappa shape index (κ3) is 2.93. The molecule has 0 saturated carbocycles. The fourth-order valence-electron chi connectivity index (χ4n) is 2.21.